The van der Waals surface area contributed by atoms with Crippen molar-refractivity contribution >= 4 is 17.3 Å². The van der Waals surface area contributed by atoms with Gasteiger partial charge in [0.2, 0.25) is 5.91 Å². The van der Waals surface area contributed by atoms with Gasteiger partial charge in [0.25, 0.3) is 0 Å². The van der Waals surface area contributed by atoms with Crippen molar-refractivity contribution in [2.24, 2.45) is 5.41 Å². The minimum absolute atomic E-state index is 0.0143. The van der Waals surface area contributed by atoms with E-state index in [1.165, 1.54) is 0 Å². The summed E-state index contributed by atoms with van der Waals surface area (Å²) >= 11 is 0. The third-order valence-electron chi connectivity index (χ3n) is 3.51. The number of hydrogen-bond acceptors (Lipinski definition) is 2. The molecule has 0 aliphatic heterocycles. The van der Waals surface area contributed by atoms with E-state index in [9.17, 15) is 4.79 Å². The zero-order chi connectivity index (χ0) is 13.2. The second-order valence-corrected chi connectivity index (χ2v) is 5.16. The van der Waals surface area contributed by atoms with Crippen LogP contribution in [-0.2, 0) is 4.79 Å². The molecule has 3 heteroatoms. The van der Waals surface area contributed by atoms with Gasteiger partial charge in [0, 0.05) is 5.41 Å². The fourth-order valence-corrected chi connectivity index (χ4v) is 1.45. The Morgan fingerprint density at radius 1 is 1.35 bits per heavy atom. The summed E-state index contributed by atoms with van der Waals surface area (Å²) in [6, 6.07) is 3.79. The van der Waals surface area contributed by atoms with Crippen LogP contribution in [0.25, 0.3) is 0 Å². The lowest BCUT2D eigenvalue weighted by atomic mass is 9.89. The van der Waals surface area contributed by atoms with Crippen molar-refractivity contribution in [1.82, 2.24) is 0 Å². The lowest BCUT2D eigenvalue weighted by molar-refractivity contribution is -0.124. The minimum Gasteiger partial charge on any atom is -0.397 e. The van der Waals surface area contributed by atoms with Crippen LogP contribution in [0.2, 0.25) is 0 Å². The maximum atomic E-state index is 12.1. The molecule has 1 aromatic rings. The molecule has 0 saturated carbocycles. The molecule has 0 saturated heterocycles. The van der Waals surface area contributed by atoms with Gasteiger partial charge in [0.05, 0.1) is 11.4 Å². The summed E-state index contributed by atoms with van der Waals surface area (Å²) in [5, 5.41) is 2.95. The third kappa shape index (κ3) is 2.78. The molecular weight excluding hydrogens is 212 g/mol. The van der Waals surface area contributed by atoms with Crippen LogP contribution in [0.1, 0.15) is 38.3 Å². The van der Waals surface area contributed by atoms with Crippen molar-refractivity contribution in [2.45, 2.75) is 41.0 Å². The van der Waals surface area contributed by atoms with Crippen molar-refractivity contribution in [3.63, 3.8) is 0 Å². The van der Waals surface area contributed by atoms with E-state index in [2.05, 4.69) is 5.32 Å². The number of nitrogens with two attached hydrogens (primary N) is 1. The molecule has 94 valence electrons. The van der Waals surface area contributed by atoms with Gasteiger partial charge in [-0.2, -0.15) is 0 Å². The van der Waals surface area contributed by atoms with Crippen molar-refractivity contribution < 1.29 is 4.79 Å². The van der Waals surface area contributed by atoms with E-state index in [-0.39, 0.29) is 11.3 Å². The topological polar surface area (TPSA) is 55.1 Å². The Hall–Kier alpha value is -1.51. The first-order chi connectivity index (χ1) is 7.79. The molecule has 0 heterocycles. The number of benzene rings is 1. The lowest BCUT2D eigenvalue weighted by Crippen LogP contribution is -2.30. The Morgan fingerprint density at radius 2 is 1.94 bits per heavy atom. The SMILES string of the molecule is CCC(C)(C)C(=O)Nc1c(N)ccc(C)c1C. The van der Waals surface area contributed by atoms with Gasteiger partial charge in [0.15, 0.2) is 0 Å². The molecule has 0 aliphatic carbocycles. The molecule has 0 radical (unpaired) electrons. The Labute approximate surface area is 103 Å². The van der Waals surface area contributed by atoms with Crippen molar-refractivity contribution in [3.05, 3.63) is 23.3 Å². The summed E-state index contributed by atoms with van der Waals surface area (Å²) in [6.07, 6.45) is 0.795. The summed E-state index contributed by atoms with van der Waals surface area (Å²) in [6.45, 7) is 9.86. The molecule has 17 heavy (non-hydrogen) atoms. The maximum Gasteiger partial charge on any atom is 0.230 e. The highest BCUT2D eigenvalue weighted by Gasteiger charge is 2.26. The summed E-state index contributed by atoms with van der Waals surface area (Å²) < 4.78 is 0. The van der Waals surface area contributed by atoms with Crippen LogP contribution in [0, 0.1) is 19.3 Å². The number of nitrogen functional groups attached to an aromatic ring is 1. The molecule has 0 spiro atoms. The van der Waals surface area contributed by atoms with Crippen LogP contribution >= 0.6 is 0 Å². The molecule has 0 aromatic heterocycles. The zero-order valence-corrected chi connectivity index (χ0v) is 11.3. The molecule has 3 nitrogen and oxygen atoms in total. The average Bonchev–Trinajstić information content (AvgIpc) is 2.29. The molecule has 0 fully saturated rings. The molecule has 1 aromatic carbocycles. The Kier molecular flexibility index (Phi) is 3.81. The van der Waals surface area contributed by atoms with Crippen LogP contribution in [0.5, 0.6) is 0 Å². The molecule has 0 aliphatic rings. The van der Waals surface area contributed by atoms with Crippen molar-refractivity contribution in [3.8, 4) is 0 Å². The van der Waals surface area contributed by atoms with Gasteiger partial charge < -0.3 is 11.1 Å². The van der Waals surface area contributed by atoms with Crippen LogP contribution < -0.4 is 11.1 Å². The van der Waals surface area contributed by atoms with Gasteiger partial charge in [0.1, 0.15) is 0 Å². The van der Waals surface area contributed by atoms with Crippen LogP contribution in [-0.4, -0.2) is 5.91 Å². The highest BCUT2D eigenvalue weighted by Crippen LogP contribution is 2.29. The Balaban J connectivity index is 3.04. The van der Waals surface area contributed by atoms with E-state index in [0.717, 1.165) is 23.2 Å². The van der Waals surface area contributed by atoms with E-state index >= 15 is 0 Å². The maximum absolute atomic E-state index is 12.1. The predicted octanol–water partition coefficient (Wildman–Crippen LogP) is 3.26. The van der Waals surface area contributed by atoms with Crippen molar-refractivity contribution in [2.75, 3.05) is 11.1 Å². The van der Waals surface area contributed by atoms with E-state index in [1.54, 1.807) is 0 Å². The standard InChI is InChI=1S/C14H22N2O/c1-6-14(4,5)13(17)16-12-10(3)9(2)7-8-11(12)15/h7-8H,6,15H2,1-5H3,(H,16,17). The van der Waals surface area contributed by atoms with E-state index in [1.807, 2.05) is 46.8 Å². The highest BCUT2D eigenvalue weighted by atomic mass is 16.2. The molecular formula is C14H22N2O. The van der Waals surface area contributed by atoms with Gasteiger partial charge in [-0.3, -0.25) is 4.79 Å². The average molecular weight is 234 g/mol. The van der Waals surface area contributed by atoms with Crippen LogP contribution in [0.15, 0.2) is 12.1 Å². The molecule has 1 rings (SSSR count). The summed E-state index contributed by atoms with van der Waals surface area (Å²) in [4.78, 5) is 12.1. The molecule has 0 unspecified atom stereocenters. The largest absolute Gasteiger partial charge is 0.397 e. The molecule has 0 atom stereocenters. The Bertz CT molecular complexity index is 436. The monoisotopic (exact) mass is 234 g/mol. The quantitative estimate of drug-likeness (QED) is 0.789. The number of amides is 1. The molecule has 3 N–H and O–H groups in total. The fraction of sp³-hybridized carbons (Fsp3) is 0.500. The summed E-state index contributed by atoms with van der Waals surface area (Å²) in [5.74, 6) is 0.0143. The Morgan fingerprint density at radius 3 is 2.47 bits per heavy atom. The second kappa shape index (κ2) is 4.78. The van der Waals surface area contributed by atoms with Crippen molar-refractivity contribution in [1.29, 1.82) is 0 Å². The van der Waals surface area contributed by atoms with Gasteiger partial charge in [-0.15, -0.1) is 0 Å². The van der Waals surface area contributed by atoms with Gasteiger partial charge >= 0.3 is 0 Å². The number of rotatable bonds is 3. The minimum atomic E-state index is -0.372. The number of carbonyl (C=O) groups is 1. The third-order valence-corrected chi connectivity index (χ3v) is 3.51. The first kappa shape index (κ1) is 13.6. The molecule has 1 amide bonds. The van der Waals surface area contributed by atoms with Gasteiger partial charge in [-0.25, -0.2) is 0 Å². The van der Waals surface area contributed by atoms with Gasteiger partial charge in [-0.05, 0) is 37.5 Å². The number of anilines is 2. The van der Waals surface area contributed by atoms with E-state index in [0.29, 0.717) is 5.69 Å². The normalized spacial score (nSPS) is 11.4. The van der Waals surface area contributed by atoms with Crippen LogP contribution in [0.3, 0.4) is 0 Å². The van der Waals surface area contributed by atoms with E-state index < -0.39 is 0 Å². The number of nitrogens with one attached hydrogen (secondary N) is 1. The second-order valence-electron chi connectivity index (χ2n) is 5.16. The zero-order valence-electron chi connectivity index (χ0n) is 11.3. The lowest BCUT2D eigenvalue weighted by Gasteiger charge is -2.23. The summed E-state index contributed by atoms with van der Waals surface area (Å²) in [7, 11) is 0. The first-order valence-corrected chi connectivity index (χ1v) is 5.96. The van der Waals surface area contributed by atoms with Gasteiger partial charge in [-0.1, -0.05) is 26.8 Å². The van der Waals surface area contributed by atoms with Crippen LogP contribution in [0.4, 0.5) is 11.4 Å². The number of aryl methyl sites for hydroxylation is 1. The predicted molar refractivity (Wildman–Crippen MR) is 73.0 cm³/mol. The molecule has 0 bridgehead atoms. The smallest absolute Gasteiger partial charge is 0.230 e. The number of carbonyl (C=O) groups excluding carboxylic acids is 1. The number of hydrogen-bond donors (Lipinski definition) is 2. The fourth-order valence-electron chi connectivity index (χ4n) is 1.45. The first-order valence-electron chi connectivity index (χ1n) is 5.96. The van der Waals surface area contributed by atoms with E-state index in [4.69, 9.17) is 5.73 Å². The summed E-state index contributed by atoms with van der Waals surface area (Å²) in [5.41, 5.74) is 9.06. The highest BCUT2D eigenvalue weighted by molar-refractivity contribution is 5.98.